The van der Waals surface area contributed by atoms with E-state index in [0.717, 1.165) is 22.9 Å². The second kappa shape index (κ2) is 8.67. The zero-order chi connectivity index (χ0) is 23.7. The van der Waals surface area contributed by atoms with E-state index in [-0.39, 0.29) is 18.8 Å². The van der Waals surface area contributed by atoms with Crippen molar-refractivity contribution in [1.29, 1.82) is 0 Å². The van der Waals surface area contributed by atoms with Crippen molar-refractivity contribution in [3.63, 3.8) is 0 Å². The Labute approximate surface area is 178 Å². The summed E-state index contributed by atoms with van der Waals surface area (Å²) >= 11 is 0. The predicted molar refractivity (Wildman–Crippen MR) is 103 cm³/mol. The van der Waals surface area contributed by atoms with Gasteiger partial charge in [-0.1, -0.05) is 19.1 Å². The molecule has 1 amide bonds. The maximum absolute atomic E-state index is 12.8. The Morgan fingerprint density at radius 2 is 1.84 bits per heavy atom. The number of carbonyl (C=O) groups is 1. The molecule has 3 rings (SSSR count). The van der Waals surface area contributed by atoms with E-state index in [9.17, 15) is 31.1 Å². The number of rotatable bonds is 6. The lowest BCUT2D eigenvalue weighted by Gasteiger charge is -2.12. The summed E-state index contributed by atoms with van der Waals surface area (Å²) in [7, 11) is 0. The van der Waals surface area contributed by atoms with Crippen molar-refractivity contribution in [3.8, 4) is 0 Å². The number of nitrogens with one attached hydrogen (secondary N) is 1. The first kappa shape index (κ1) is 23.4. The average molecular weight is 459 g/mol. The molecule has 0 spiro atoms. The van der Waals surface area contributed by atoms with Gasteiger partial charge in [0.1, 0.15) is 0 Å². The molecule has 1 aromatic carbocycles. The van der Waals surface area contributed by atoms with Crippen LogP contribution in [0.5, 0.6) is 0 Å². The Bertz CT molecular complexity index is 1100. The maximum atomic E-state index is 12.8. The number of amides is 1. The molecular weight excluding hydrogens is 440 g/mol. The summed E-state index contributed by atoms with van der Waals surface area (Å²) in [5.41, 5.74) is -0.845. The number of aromatic nitrogens is 4. The predicted octanol–water partition coefficient (Wildman–Crippen LogP) is 4.75. The first-order valence-corrected chi connectivity index (χ1v) is 9.44. The summed E-state index contributed by atoms with van der Waals surface area (Å²) in [4.78, 5) is 12.4. The van der Waals surface area contributed by atoms with Gasteiger partial charge in [-0.2, -0.15) is 36.5 Å². The topological polar surface area (TPSA) is 64.7 Å². The van der Waals surface area contributed by atoms with Gasteiger partial charge in [0.05, 0.1) is 36.5 Å². The van der Waals surface area contributed by atoms with Gasteiger partial charge < -0.3 is 5.32 Å². The van der Waals surface area contributed by atoms with Crippen LogP contribution in [0.25, 0.3) is 0 Å². The van der Waals surface area contributed by atoms with E-state index in [1.165, 1.54) is 43.1 Å². The largest absolute Gasteiger partial charge is 0.435 e. The minimum Gasteiger partial charge on any atom is -0.323 e. The fraction of sp³-hybridized carbons (Fsp3) is 0.350. The SMILES string of the molecule is Cc1cc(C(F)(F)F)nn1CC(C)C(=O)Nc1cnn(Cc2cccc(C(F)(F)F)c2)c1. The lowest BCUT2D eigenvalue weighted by molar-refractivity contribution is -0.141. The van der Waals surface area contributed by atoms with Crippen LogP contribution in [0, 0.1) is 12.8 Å². The van der Waals surface area contributed by atoms with E-state index in [2.05, 4.69) is 15.5 Å². The van der Waals surface area contributed by atoms with Crippen molar-refractivity contribution in [2.75, 3.05) is 5.32 Å². The lowest BCUT2D eigenvalue weighted by Crippen LogP contribution is -2.25. The maximum Gasteiger partial charge on any atom is 0.435 e. The first-order valence-electron chi connectivity index (χ1n) is 9.44. The van der Waals surface area contributed by atoms with Crippen LogP contribution in [-0.4, -0.2) is 25.5 Å². The summed E-state index contributed by atoms with van der Waals surface area (Å²) in [6.07, 6.45) is -6.25. The second-order valence-corrected chi connectivity index (χ2v) is 7.37. The third-order valence-corrected chi connectivity index (χ3v) is 4.67. The molecule has 1 unspecified atom stereocenters. The minimum atomic E-state index is -4.57. The van der Waals surface area contributed by atoms with Crippen LogP contribution in [0.3, 0.4) is 0 Å². The van der Waals surface area contributed by atoms with Crippen LogP contribution in [0.2, 0.25) is 0 Å². The van der Waals surface area contributed by atoms with Crippen molar-refractivity contribution in [3.05, 3.63) is 65.2 Å². The Kier molecular flexibility index (Phi) is 6.33. The molecule has 12 heteroatoms. The molecule has 1 N–H and O–H groups in total. The van der Waals surface area contributed by atoms with E-state index >= 15 is 0 Å². The molecular formula is C20H19F6N5O. The molecule has 0 aliphatic heterocycles. The smallest absolute Gasteiger partial charge is 0.323 e. The molecule has 0 fully saturated rings. The number of halogens is 6. The number of nitrogens with zero attached hydrogens (tertiary/aromatic N) is 4. The highest BCUT2D eigenvalue weighted by Gasteiger charge is 2.34. The lowest BCUT2D eigenvalue weighted by atomic mass is 10.1. The van der Waals surface area contributed by atoms with Crippen LogP contribution in [0.4, 0.5) is 32.0 Å². The molecule has 3 aromatic rings. The Morgan fingerprint density at radius 3 is 2.47 bits per heavy atom. The van der Waals surface area contributed by atoms with Crippen LogP contribution in [0.15, 0.2) is 42.7 Å². The molecule has 0 aliphatic rings. The fourth-order valence-electron chi connectivity index (χ4n) is 2.99. The van der Waals surface area contributed by atoms with Gasteiger partial charge in [-0.3, -0.25) is 14.2 Å². The average Bonchev–Trinajstić information content (AvgIpc) is 3.27. The molecule has 0 bridgehead atoms. The number of benzene rings is 1. The molecule has 172 valence electrons. The number of alkyl halides is 6. The van der Waals surface area contributed by atoms with Crippen LogP contribution in [-0.2, 0) is 30.2 Å². The zero-order valence-electron chi connectivity index (χ0n) is 17.0. The van der Waals surface area contributed by atoms with Gasteiger partial charge in [-0.15, -0.1) is 0 Å². The van der Waals surface area contributed by atoms with Crippen molar-refractivity contribution in [2.45, 2.75) is 39.3 Å². The number of anilines is 1. The second-order valence-electron chi connectivity index (χ2n) is 7.37. The summed E-state index contributed by atoms with van der Waals surface area (Å²) in [5, 5.41) is 10.1. The standard InChI is InChI=1S/C20H19F6N5O/c1-12(9-31-13(2)6-17(29-31)20(24,25)26)18(32)28-16-8-27-30(11-16)10-14-4-3-5-15(7-14)19(21,22)23/h3-8,11-12H,9-10H2,1-2H3,(H,28,32). The van der Waals surface area contributed by atoms with Gasteiger partial charge in [0.15, 0.2) is 5.69 Å². The highest BCUT2D eigenvalue weighted by atomic mass is 19.4. The Morgan fingerprint density at radius 1 is 1.12 bits per heavy atom. The van der Waals surface area contributed by atoms with E-state index in [4.69, 9.17) is 0 Å². The van der Waals surface area contributed by atoms with Crippen molar-refractivity contribution >= 4 is 11.6 Å². The van der Waals surface area contributed by atoms with Crippen LogP contribution < -0.4 is 5.32 Å². The Balaban J connectivity index is 1.62. The van der Waals surface area contributed by atoms with Gasteiger partial charge in [0.2, 0.25) is 5.91 Å². The Hall–Kier alpha value is -3.31. The van der Waals surface area contributed by atoms with Gasteiger partial charge in [0, 0.05) is 11.9 Å². The molecule has 0 saturated heterocycles. The van der Waals surface area contributed by atoms with Crippen LogP contribution in [0.1, 0.15) is 29.4 Å². The summed E-state index contributed by atoms with van der Waals surface area (Å²) in [5.74, 6) is -1.17. The van der Waals surface area contributed by atoms with Gasteiger partial charge in [0.25, 0.3) is 0 Å². The van der Waals surface area contributed by atoms with E-state index in [0.29, 0.717) is 11.3 Å². The van der Waals surface area contributed by atoms with Gasteiger partial charge >= 0.3 is 12.4 Å². The zero-order valence-corrected chi connectivity index (χ0v) is 17.0. The van der Waals surface area contributed by atoms with Gasteiger partial charge in [-0.25, -0.2) is 0 Å². The van der Waals surface area contributed by atoms with Crippen molar-refractivity contribution in [2.24, 2.45) is 5.92 Å². The highest BCUT2D eigenvalue weighted by Crippen LogP contribution is 2.30. The number of hydrogen-bond donors (Lipinski definition) is 1. The van der Waals surface area contributed by atoms with Gasteiger partial charge in [-0.05, 0) is 30.7 Å². The molecule has 0 saturated carbocycles. The number of carbonyl (C=O) groups excluding carboxylic acids is 1. The summed E-state index contributed by atoms with van der Waals surface area (Å²) < 4.78 is 79.3. The number of aryl methyl sites for hydroxylation is 1. The summed E-state index contributed by atoms with van der Waals surface area (Å²) in [6, 6.07) is 5.72. The van der Waals surface area contributed by atoms with E-state index in [1.807, 2.05) is 0 Å². The van der Waals surface area contributed by atoms with E-state index < -0.39 is 35.4 Å². The fourth-order valence-corrected chi connectivity index (χ4v) is 2.99. The monoisotopic (exact) mass is 459 g/mol. The first-order chi connectivity index (χ1) is 14.8. The van der Waals surface area contributed by atoms with Crippen molar-refractivity contribution < 1.29 is 31.1 Å². The molecule has 0 aliphatic carbocycles. The normalized spacial score (nSPS) is 13.2. The van der Waals surface area contributed by atoms with Crippen LogP contribution >= 0.6 is 0 Å². The van der Waals surface area contributed by atoms with E-state index in [1.54, 1.807) is 0 Å². The molecule has 2 aromatic heterocycles. The molecule has 0 radical (unpaired) electrons. The highest BCUT2D eigenvalue weighted by molar-refractivity contribution is 5.91. The summed E-state index contributed by atoms with van der Waals surface area (Å²) in [6.45, 7) is 3.00. The molecule has 6 nitrogen and oxygen atoms in total. The third-order valence-electron chi connectivity index (χ3n) is 4.67. The molecule has 32 heavy (non-hydrogen) atoms. The minimum absolute atomic E-state index is 0.0576. The molecule has 1 atom stereocenters. The third kappa shape index (κ3) is 5.68. The quantitative estimate of drug-likeness (QED) is 0.542. The molecule has 2 heterocycles. The van der Waals surface area contributed by atoms with Crippen molar-refractivity contribution in [1.82, 2.24) is 19.6 Å². The number of hydrogen-bond acceptors (Lipinski definition) is 3.